The molecule has 2 heteroatoms. The van der Waals surface area contributed by atoms with Gasteiger partial charge in [0, 0.05) is 12.1 Å². The second-order valence-corrected chi connectivity index (χ2v) is 3.87. The van der Waals surface area contributed by atoms with Crippen molar-refractivity contribution in [2.75, 3.05) is 0 Å². The van der Waals surface area contributed by atoms with Crippen LogP contribution < -0.4 is 0 Å². The third-order valence-electron chi connectivity index (χ3n) is 2.77. The number of hydrogen-bond acceptors (Lipinski definition) is 2. The average Bonchev–Trinajstić information content (AvgIpc) is 2.42. The van der Waals surface area contributed by atoms with E-state index in [0.717, 1.165) is 5.56 Å². The Morgan fingerprint density at radius 2 is 1.76 bits per heavy atom. The van der Waals surface area contributed by atoms with E-state index in [1.807, 2.05) is 48.5 Å². The number of aliphatic hydroxyl groups is 1. The summed E-state index contributed by atoms with van der Waals surface area (Å²) in [5.41, 5.74) is 1.71. The molecule has 0 saturated heterocycles. The number of hydrogen-bond donors (Lipinski definition) is 1. The molecule has 2 rings (SSSR count). The van der Waals surface area contributed by atoms with Gasteiger partial charge in [-0.25, -0.2) is 0 Å². The normalized spacial score (nSPS) is 13.9. The van der Waals surface area contributed by atoms with Crippen LogP contribution in [0.25, 0.3) is 0 Å². The average molecular weight is 225 g/mol. The first kappa shape index (κ1) is 11.6. The predicted octanol–water partition coefficient (Wildman–Crippen LogP) is 3.08. The topological polar surface area (TPSA) is 33.1 Å². The summed E-state index contributed by atoms with van der Waals surface area (Å²) in [6, 6.07) is 15.4. The summed E-state index contributed by atoms with van der Waals surface area (Å²) in [6.45, 7) is 3.80. The van der Waals surface area contributed by atoms with Crippen LogP contribution in [0.15, 0.2) is 67.4 Å². The predicted molar refractivity (Wildman–Crippen MR) is 68.6 cm³/mol. The monoisotopic (exact) mass is 225 g/mol. The molecule has 0 aliphatic heterocycles. The van der Waals surface area contributed by atoms with Crippen LogP contribution in [0.3, 0.4) is 0 Å². The molecule has 0 saturated carbocycles. The summed E-state index contributed by atoms with van der Waals surface area (Å²) >= 11 is 0. The molecule has 0 bridgehead atoms. The van der Waals surface area contributed by atoms with Gasteiger partial charge in [-0.2, -0.15) is 0 Å². The van der Waals surface area contributed by atoms with Gasteiger partial charge in [0.1, 0.15) is 6.10 Å². The van der Waals surface area contributed by atoms with E-state index in [-0.39, 0.29) is 5.92 Å². The van der Waals surface area contributed by atoms with Crippen molar-refractivity contribution in [1.29, 1.82) is 0 Å². The molecule has 0 fully saturated rings. The van der Waals surface area contributed by atoms with E-state index in [9.17, 15) is 5.11 Å². The third-order valence-corrected chi connectivity index (χ3v) is 2.77. The van der Waals surface area contributed by atoms with Crippen LogP contribution in [0.4, 0.5) is 0 Å². The van der Waals surface area contributed by atoms with Crippen molar-refractivity contribution in [1.82, 2.24) is 4.98 Å². The second-order valence-electron chi connectivity index (χ2n) is 3.87. The van der Waals surface area contributed by atoms with Crippen molar-refractivity contribution in [3.63, 3.8) is 0 Å². The fourth-order valence-electron chi connectivity index (χ4n) is 1.86. The summed E-state index contributed by atoms with van der Waals surface area (Å²) in [6.07, 6.45) is 2.79. The summed E-state index contributed by atoms with van der Waals surface area (Å²) in [5.74, 6) is -0.133. The van der Waals surface area contributed by atoms with E-state index in [4.69, 9.17) is 0 Å². The standard InChI is InChI=1S/C15H15NO/c1-2-13(12-8-4-3-5-9-12)15(17)14-10-6-7-11-16-14/h2-11,13,15,17H,1H2/t13-,15-/m1/s1. The first-order valence-electron chi connectivity index (χ1n) is 5.59. The zero-order valence-electron chi connectivity index (χ0n) is 9.53. The molecule has 1 heterocycles. The fourth-order valence-corrected chi connectivity index (χ4v) is 1.86. The van der Waals surface area contributed by atoms with Gasteiger partial charge in [-0.1, -0.05) is 42.5 Å². The van der Waals surface area contributed by atoms with Gasteiger partial charge in [0.2, 0.25) is 0 Å². The molecular formula is C15H15NO. The maximum Gasteiger partial charge on any atom is 0.106 e. The zero-order valence-corrected chi connectivity index (χ0v) is 9.53. The lowest BCUT2D eigenvalue weighted by molar-refractivity contribution is 0.157. The molecule has 0 aliphatic carbocycles. The van der Waals surface area contributed by atoms with Crippen LogP contribution in [0.5, 0.6) is 0 Å². The van der Waals surface area contributed by atoms with E-state index in [0.29, 0.717) is 5.69 Å². The van der Waals surface area contributed by atoms with Crippen LogP contribution in [-0.4, -0.2) is 10.1 Å². The van der Waals surface area contributed by atoms with Crippen LogP contribution >= 0.6 is 0 Å². The smallest absolute Gasteiger partial charge is 0.106 e. The van der Waals surface area contributed by atoms with Crippen molar-refractivity contribution in [2.45, 2.75) is 12.0 Å². The van der Waals surface area contributed by atoms with Crippen LogP contribution in [0.2, 0.25) is 0 Å². The highest BCUT2D eigenvalue weighted by atomic mass is 16.3. The molecule has 2 nitrogen and oxygen atoms in total. The maximum atomic E-state index is 10.3. The van der Waals surface area contributed by atoms with E-state index in [2.05, 4.69) is 11.6 Å². The van der Waals surface area contributed by atoms with Gasteiger partial charge in [0.25, 0.3) is 0 Å². The first-order chi connectivity index (χ1) is 8.33. The van der Waals surface area contributed by atoms with Crippen LogP contribution in [-0.2, 0) is 0 Å². The molecule has 0 spiro atoms. The highest BCUT2D eigenvalue weighted by Crippen LogP contribution is 2.30. The highest BCUT2D eigenvalue weighted by Gasteiger charge is 2.20. The molecule has 0 amide bonds. The number of nitrogens with zero attached hydrogens (tertiary/aromatic N) is 1. The first-order valence-corrected chi connectivity index (χ1v) is 5.59. The van der Waals surface area contributed by atoms with E-state index in [1.54, 1.807) is 12.3 Å². The Labute approximate surface area is 101 Å². The summed E-state index contributed by atoms with van der Waals surface area (Å²) in [7, 11) is 0. The number of aliphatic hydroxyl groups excluding tert-OH is 1. The quantitative estimate of drug-likeness (QED) is 0.811. The molecule has 1 N–H and O–H groups in total. The molecule has 1 aromatic carbocycles. The van der Waals surface area contributed by atoms with Gasteiger partial charge >= 0.3 is 0 Å². The number of benzene rings is 1. The fraction of sp³-hybridized carbons (Fsp3) is 0.133. The number of pyridine rings is 1. The lowest BCUT2D eigenvalue weighted by Crippen LogP contribution is -2.10. The number of rotatable bonds is 4. The Balaban J connectivity index is 2.28. The van der Waals surface area contributed by atoms with Gasteiger partial charge in [0.05, 0.1) is 5.69 Å². The Morgan fingerprint density at radius 3 is 2.35 bits per heavy atom. The molecule has 2 aromatic rings. The minimum absolute atomic E-state index is 0.133. The lowest BCUT2D eigenvalue weighted by Gasteiger charge is -2.19. The van der Waals surface area contributed by atoms with Crippen molar-refractivity contribution in [3.05, 3.63) is 78.6 Å². The second kappa shape index (κ2) is 5.41. The minimum atomic E-state index is -0.656. The lowest BCUT2D eigenvalue weighted by atomic mass is 9.91. The SMILES string of the molecule is C=C[C@H](c1ccccc1)[C@@H](O)c1ccccn1. The molecular weight excluding hydrogens is 210 g/mol. The third kappa shape index (κ3) is 2.60. The van der Waals surface area contributed by atoms with Gasteiger partial charge in [-0.15, -0.1) is 6.58 Å². The van der Waals surface area contributed by atoms with Crippen molar-refractivity contribution >= 4 is 0 Å². The number of aromatic nitrogens is 1. The van der Waals surface area contributed by atoms with Crippen molar-refractivity contribution < 1.29 is 5.11 Å². The minimum Gasteiger partial charge on any atom is -0.386 e. The Hall–Kier alpha value is -1.93. The Bertz CT molecular complexity index is 467. The van der Waals surface area contributed by atoms with Gasteiger partial charge < -0.3 is 5.11 Å². The Morgan fingerprint density at radius 1 is 1.06 bits per heavy atom. The van der Waals surface area contributed by atoms with E-state index in [1.165, 1.54) is 0 Å². The molecule has 0 unspecified atom stereocenters. The maximum absolute atomic E-state index is 10.3. The van der Waals surface area contributed by atoms with Crippen LogP contribution in [0, 0.1) is 0 Å². The van der Waals surface area contributed by atoms with Gasteiger partial charge in [0.15, 0.2) is 0 Å². The zero-order chi connectivity index (χ0) is 12.1. The molecule has 17 heavy (non-hydrogen) atoms. The molecule has 86 valence electrons. The molecule has 1 aromatic heterocycles. The summed E-state index contributed by atoms with van der Waals surface area (Å²) in [4.78, 5) is 4.18. The molecule has 0 aliphatic rings. The largest absolute Gasteiger partial charge is 0.386 e. The van der Waals surface area contributed by atoms with E-state index >= 15 is 0 Å². The van der Waals surface area contributed by atoms with E-state index < -0.39 is 6.10 Å². The van der Waals surface area contributed by atoms with Crippen LogP contribution in [0.1, 0.15) is 23.3 Å². The summed E-state index contributed by atoms with van der Waals surface area (Å²) < 4.78 is 0. The van der Waals surface area contributed by atoms with Crippen molar-refractivity contribution in [2.24, 2.45) is 0 Å². The molecule has 2 atom stereocenters. The van der Waals surface area contributed by atoms with Crippen molar-refractivity contribution in [3.8, 4) is 0 Å². The van der Waals surface area contributed by atoms with Gasteiger partial charge in [-0.05, 0) is 17.7 Å². The van der Waals surface area contributed by atoms with Gasteiger partial charge in [-0.3, -0.25) is 4.98 Å². The highest BCUT2D eigenvalue weighted by molar-refractivity contribution is 5.27. The summed E-state index contributed by atoms with van der Waals surface area (Å²) in [5, 5.41) is 10.3. The Kier molecular flexibility index (Phi) is 3.68. The molecule has 0 radical (unpaired) electrons.